The van der Waals surface area contributed by atoms with Gasteiger partial charge in [0.05, 0.1) is 0 Å². The standard InChI is InChI=1S/C21H30N4.HI/c1-3-22-20(25-13-11-21(15-25)9-5-10-21)23-12-8-17-14-24-18-7-4-6-16(2)19(17)18;/h4,6-7,14,24H,3,5,8-13,15H2,1-2H3,(H,22,23);1H. The van der Waals surface area contributed by atoms with Gasteiger partial charge in [0.15, 0.2) is 5.96 Å². The van der Waals surface area contributed by atoms with E-state index < -0.39 is 0 Å². The van der Waals surface area contributed by atoms with Crippen molar-refractivity contribution in [1.82, 2.24) is 15.2 Å². The molecular formula is C21H31IN4. The van der Waals surface area contributed by atoms with Gasteiger partial charge in [-0.1, -0.05) is 18.6 Å². The van der Waals surface area contributed by atoms with Gasteiger partial charge in [-0.15, -0.1) is 24.0 Å². The van der Waals surface area contributed by atoms with Crippen molar-refractivity contribution < 1.29 is 0 Å². The van der Waals surface area contributed by atoms with E-state index >= 15 is 0 Å². The first-order valence-electron chi connectivity index (χ1n) is 9.80. The molecule has 1 aliphatic carbocycles. The predicted octanol–water partition coefficient (Wildman–Crippen LogP) is 4.48. The van der Waals surface area contributed by atoms with Crippen LogP contribution in [0.3, 0.4) is 0 Å². The molecule has 4 rings (SSSR count). The number of aromatic amines is 1. The second kappa shape index (κ2) is 8.19. The van der Waals surface area contributed by atoms with Gasteiger partial charge in [0.25, 0.3) is 0 Å². The number of H-pyrrole nitrogens is 1. The Kier molecular flexibility index (Phi) is 6.15. The number of guanidine groups is 1. The molecule has 26 heavy (non-hydrogen) atoms. The highest BCUT2D eigenvalue weighted by Crippen LogP contribution is 2.47. The number of aromatic nitrogens is 1. The monoisotopic (exact) mass is 466 g/mol. The lowest BCUT2D eigenvalue weighted by molar-refractivity contribution is 0.151. The molecule has 1 aromatic heterocycles. The molecule has 142 valence electrons. The van der Waals surface area contributed by atoms with Gasteiger partial charge < -0.3 is 15.2 Å². The smallest absolute Gasteiger partial charge is 0.193 e. The van der Waals surface area contributed by atoms with Crippen molar-refractivity contribution in [2.45, 2.75) is 46.0 Å². The van der Waals surface area contributed by atoms with E-state index in [-0.39, 0.29) is 24.0 Å². The third-order valence-corrected chi connectivity index (χ3v) is 6.13. The second-order valence-corrected chi connectivity index (χ2v) is 7.82. The Balaban J connectivity index is 0.00000196. The number of hydrogen-bond donors (Lipinski definition) is 2. The molecule has 1 aliphatic heterocycles. The highest BCUT2D eigenvalue weighted by Gasteiger charge is 2.43. The first-order chi connectivity index (χ1) is 12.2. The number of nitrogens with one attached hydrogen (secondary N) is 2. The van der Waals surface area contributed by atoms with Crippen LogP contribution in [0.1, 0.15) is 43.7 Å². The molecular weight excluding hydrogens is 435 g/mol. The van der Waals surface area contributed by atoms with E-state index in [1.165, 1.54) is 54.3 Å². The summed E-state index contributed by atoms with van der Waals surface area (Å²) in [6, 6.07) is 6.46. The average Bonchev–Trinajstić information content (AvgIpc) is 3.19. The lowest BCUT2D eigenvalue weighted by atomic mass is 9.68. The molecule has 2 fully saturated rings. The molecule has 2 aliphatic rings. The van der Waals surface area contributed by atoms with Gasteiger partial charge in [-0.3, -0.25) is 4.99 Å². The molecule has 1 saturated heterocycles. The topological polar surface area (TPSA) is 43.4 Å². The minimum atomic E-state index is 0. The summed E-state index contributed by atoms with van der Waals surface area (Å²) in [7, 11) is 0. The number of fused-ring (bicyclic) bond motifs is 1. The molecule has 1 aromatic carbocycles. The number of likely N-dealkylation sites (tertiary alicyclic amines) is 1. The third-order valence-electron chi connectivity index (χ3n) is 6.13. The van der Waals surface area contributed by atoms with Crippen molar-refractivity contribution in [1.29, 1.82) is 0 Å². The molecule has 1 saturated carbocycles. The zero-order valence-electron chi connectivity index (χ0n) is 16.0. The molecule has 2 heterocycles. The van der Waals surface area contributed by atoms with Crippen LogP contribution in [0.4, 0.5) is 0 Å². The number of nitrogens with zero attached hydrogens (tertiary/aromatic N) is 2. The summed E-state index contributed by atoms with van der Waals surface area (Å²) in [6.45, 7) is 8.49. The summed E-state index contributed by atoms with van der Waals surface area (Å²) < 4.78 is 0. The number of halogens is 1. The van der Waals surface area contributed by atoms with Gasteiger partial charge in [0, 0.05) is 43.3 Å². The Morgan fingerprint density at radius 3 is 2.85 bits per heavy atom. The van der Waals surface area contributed by atoms with Crippen LogP contribution in [-0.4, -0.2) is 42.0 Å². The first-order valence-corrected chi connectivity index (χ1v) is 9.80. The maximum atomic E-state index is 4.95. The van der Waals surface area contributed by atoms with Crippen molar-refractivity contribution in [2.24, 2.45) is 10.4 Å². The van der Waals surface area contributed by atoms with Crippen LogP contribution in [0, 0.1) is 12.3 Å². The van der Waals surface area contributed by atoms with E-state index in [0.29, 0.717) is 5.41 Å². The minimum Gasteiger partial charge on any atom is -0.361 e. The largest absolute Gasteiger partial charge is 0.361 e. The molecule has 0 radical (unpaired) electrons. The van der Waals surface area contributed by atoms with Crippen LogP contribution >= 0.6 is 24.0 Å². The number of aryl methyl sites for hydroxylation is 1. The molecule has 4 nitrogen and oxygen atoms in total. The van der Waals surface area contributed by atoms with Crippen molar-refractivity contribution in [3.63, 3.8) is 0 Å². The van der Waals surface area contributed by atoms with Gasteiger partial charge in [0.2, 0.25) is 0 Å². The Bertz CT molecular complexity index is 775. The normalized spacial score (nSPS) is 18.8. The van der Waals surface area contributed by atoms with Crippen molar-refractivity contribution in [2.75, 3.05) is 26.2 Å². The maximum Gasteiger partial charge on any atom is 0.193 e. The molecule has 2 N–H and O–H groups in total. The zero-order chi connectivity index (χ0) is 17.3. The molecule has 0 atom stereocenters. The van der Waals surface area contributed by atoms with Crippen LogP contribution in [0.2, 0.25) is 0 Å². The van der Waals surface area contributed by atoms with E-state index in [2.05, 4.69) is 53.4 Å². The fourth-order valence-electron chi connectivity index (χ4n) is 4.56. The summed E-state index contributed by atoms with van der Waals surface area (Å²) in [6.07, 6.45) is 8.73. The molecule has 1 spiro atoms. The maximum absolute atomic E-state index is 4.95. The molecule has 5 heteroatoms. The van der Waals surface area contributed by atoms with Crippen LogP contribution < -0.4 is 5.32 Å². The lowest BCUT2D eigenvalue weighted by Crippen LogP contribution is -2.42. The van der Waals surface area contributed by atoms with Crippen molar-refractivity contribution >= 4 is 40.8 Å². The van der Waals surface area contributed by atoms with Crippen LogP contribution in [0.15, 0.2) is 29.4 Å². The van der Waals surface area contributed by atoms with Gasteiger partial charge in [0.1, 0.15) is 0 Å². The molecule has 2 aromatic rings. The van der Waals surface area contributed by atoms with E-state index in [4.69, 9.17) is 4.99 Å². The summed E-state index contributed by atoms with van der Waals surface area (Å²) in [4.78, 5) is 10.8. The van der Waals surface area contributed by atoms with Gasteiger partial charge in [-0.25, -0.2) is 0 Å². The highest BCUT2D eigenvalue weighted by atomic mass is 127. The summed E-state index contributed by atoms with van der Waals surface area (Å²) in [5.74, 6) is 1.11. The van der Waals surface area contributed by atoms with Crippen LogP contribution in [0.5, 0.6) is 0 Å². The Morgan fingerprint density at radius 1 is 1.31 bits per heavy atom. The van der Waals surface area contributed by atoms with Crippen molar-refractivity contribution in [3.05, 3.63) is 35.5 Å². The molecule has 0 unspecified atom stereocenters. The number of aliphatic imine (C=N–C) groups is 1. The van der Waals surface area contributed by atoms with Gasteiger partial charge >= 0.3 is 0 Å². The minimum absolute atomic E-state index is 0. The van der Waals surface area contributed by atoms with E-state index in [1.807, 2.05) is 0 Å². The predicted molar refractivity (Wildman–Crippen MR) is 121 cm³/mol. The van der Waals surface area contributed by atoms with Crippen LogP contribution in [-0.2, 0) is 6.42 Å². The first kappa shape index (κ1) is 19.5. The van der Waals surface area contributed by atoms with Gasteiger partial charge in [-0.05, 0) is 62.1 Å². The summed E-state index contributed by atoms with van der Waals surface area (Å²) >= 11 is 0. The quantitative estimate of drug-likeness (QED) is 0.397. The van der Waals surface area contributed by atoms with E-state index in [9.17, 15) is 0 Å². The third kappa shape index (κ3) is 3.73. The number of rotatable bonds is 4. The lowest BCUT2D eigenvalue weighted by Gasteiger charge is -2.38. The molecule has 0 bridgehead atoms. The zero-order valence-corrected chi connectivity index (χ0v) is 18.3. The summed E-state index contributed by atoms with van der Waals surface area (Å²) in [5, 5.41) is 4.88. The summed E-state index contributed by atoms with van der Waals surface area (Å²) in [5.41, 5.74) is 4.57. The van der Waals surface area contributed by atoms with Gasteiger partial charge in [-0.2, -0.15) is 0 Å². The second-order valence-electron chi connectivity index (χ2n) is 7.82. The number of benzene rings is 1. The fourth-order valence-corrected chi connectivity index (χ4v) is 4.56. The Morgan fingerprint density at radius 2 is 2.15 bits per heavy atom. The SMILES string of the molecule is CCNC(=NCCc1c[nH]c2cccc(C)c12)N1CCC2(CCC2)C1.I. The van der Waals surface area contributed by atoms with E-state index in [1.54, 1.807) is 0 Å². The fraction of sp³-hybridized carbons (Fsp3) is 0.571. The Labute approximate surface area is 173 Å². The highest BCUT2D eigenvalue weighted by molar-refractivity contribution is 14.0. The van der Waals surface area contributed by atoms with E-state index in [0.717, 1.165) is 32.0 Å². The molecule has 0 amide bonds. The average molecular weight is 466 g/mol. The Hall–Kier alpha value is -1.24. The van der Waals surface area contributed by atoms with Crippen molar-refractivity contribution in [3.8, 4) is 0 Å². The van der Waals surface area contributed by atoms with Crippen LogP contribution in [0.25, 0.3) is 10.9 Å². The number of hydrogen-bond acceptors (Lipinski definition) is 1.